The summed E-state index contributed by atoms with van der Waals surface area (Å²) in [6.45, 7) is -1.26. The summed E-state index contributed by atoms with van der Waals surface area (Å²) in [6.07, 6.45) is -5.04. The molecule has 25 heavy (non-hydrogen) atoms. The summed E-state index contributed by atoms with van der Waals surface area (Å²) in [6, 6.07) is -1.13. The topological polar surface area (TPSA) is 35.5 Å². The normalized spacial score (nSPS) is 17.9. The first-order chi connectivity index (χ1) is 11.1. The van der Waals surface area contributed by atoms with E-state index in [4.69, 9.17) is 16.7 Å². The molecule has 1 aliphatic heterocycles. The van der Waals surface area contributed by atoms with Crippen LogP contribution in [-0.4, -0.2) is 48.7 Å². The zero-order valence-corrected chi connectivity index (χ0v) is 14.3. The SMILES string of the molecule is Cl.OCC(F)(F)[C@@H](c1c(C(F)(F)F)ccc(Cl)c1F)N1CCNCC1. The fourth-order valence-corrected chi connectivity index (χ4v) is 2.93. The molecule has 0 saturated carbocycles. The smallest absolute Gasteiger partial charge is 0.390 e. The van der Waals surface area contributed by atoms with Crippen LogP contribution in [-0.2, 0) is 6.18 Å². The van der Waals surface area contributed by atoms with E-state index in [0.29, 0.717) is 12.1 Å². The first-order valence-electron chi connectivity index (χ1n) is 7.08. The maximum Gasteiger partial charge on any atom is 0.416 e. The summed E-state index contributed by atoms with van der Waals surface area (Å²) in [5, 5.41) is 11.2. The van der Waals surface area contributed by atoms with E-state index < -0.39 is 46.7 Å². The average molecular weight is 413 g/mol. The van der Waals surface area contributed by atoms with Gasteiger partial charge in [-0.2, -0.15) is 13.2 Å². The van der Waals surface area contributed by atoms with Crippen LogP contribution >= 0.6 is 24.0 Å². The lowest BCUT2D eigenvalue weighted by Crippen LogP contribution is -2.51. The van der Waals surface area contributed by atoms with Crippen LogP contribution in [0.1, 0.15) is 17.2 Å². The third-order valence-electron chi connectivity index (χ3n) is 3.84. The standard InChI is InChI=1S/C14H15ClF6N2O.ClH/c15-9-2-1-8(14(19,20)21)10(11(9)16)12(13(17,18)7-24)23-5-3-22-4-6-23;/h1-2,12,22,24H,3-7H2;1H/t12-;/m1./s1. The van der Waals surface area contributed by atoms with Gasteiger partial charge in [-0.05, 0) is 12.1 Å². The highest BCUT2D eigenvalue weighted by Gasteiger charge is 2.49. The number of benzene rings is 1. The van der Waals surface area contributed by atoms with Gasteiger partial charge >= 0.3 is 6.18 Å². The van der Waals surface area contributed by atoms with Crippen molar-refractivity contribution in [3.63, 3.8) is 0 Å². The van der Waals surface area contributed by atoms with Crippen molar-refractivity contribution in [1.82, 2.24) is 10.2 Å². The van der Waals surface area contributed by atoms with Crippen LogP contribution in [0.5, 0.6) is 0 Å². The molecule has 0 amide bonds. The Balaban J connectivity index is 0.00000312. The molecule has 2 N–H and O–H groups in total. The summed E-state index contributed by atoms with van der Waals surface area (Å²) in [5.41, 5.74) is -2.77. The van der Waals surface area contributed by atoms with Gasteiger partial charge in [0.1, 0.15) is 18.5 Å². The molecule has 0 bridgehead atoms. The lowest BCUT2D eigenvalue weighted by Gasteiger charge is -2.39. The highest BCUT2D eigenvalue weighted by molar-refractivity contribution is 6.30. The summed E-state index contributed by atoms with van der Waals surface area (Å²) < 4.78 is 82.6. The Morgan fingerprint density at radius 1 is 1.16 bits per heavy atom. The highest BCUT2D eigenvalue weighted by atomic mass is 35.5. The van der Waals surface area contributed by atoms with Crippen LogP contribution in [0.15, 0.2) is 12.1 Å². The van der Waals surface area contributed by atoms with Gasteiger partial charge in [0.25, 0.3) is 5.92 Å². The van der Waals surface area contributed by atoms with E-state index in [1.165, 1.54) is 0 Å². The first-order valence-corrected chi connectivity index (χ1v) is 7.46. The van der Waals surface area contributed by atoms with Gasteiger partial charge in [-0.3, -0.25) is 4.90 Å². The number of hydrogen-bond acceptors (Lipinski definition) is 3. The molecule has 0 unspecified atom stereocenters. The molecule has 0 spiro atoms. The van der Waals surface area contributed by atoms with Gasteiger partial charge in [-0.1, -0.05) is 11.6 Å². The van der Waals surface area contributed by atoms with Gasteiger partial charge in [-0.25, -0.2) is 13.2 Å². The quantitative estimate of drug-likeness (QED) is 0.743. The van der Waals surface area contributed by atoms with Crippen LogP contribution in [0.2, 0.25) is 5.02 Å². The van der Waals surface area contributed by atoms with Crippen molar-refractivity contribution in [2.75, 3.05) is 32.8 Å². The minimum atomic E-state index is -5.04. The molecular formula is C14H16Cl2F6N2O. The predicted octanol–water partition coefficient (Wildman–Crippen LogP) is 3.49. The van der Waals surface area contributed by atoms with E-state index in [2.05, 4.69) is 5.32 Å². The highest BCUT2D eigenvalue weighted by Crippen LogP contribution is 2.45. The van der Waals surface area contributed by atoms with Gasteiger partial charge in [0.2, 0.25) is 0 Å². The van der Waals surface area contributed by atoms with Crippen molar-refractivity contribution in [3.05, 3.63) is 34.1 Å². The Morgan fingerprint density at radius 3 is 2.20 bits per heavy atom. The van der Waals surface area contributed by atoms with Crippen LogP contribution in [0.4, 0.5) is 26.3 Å². The second kappa shape index (κ2) is 8.30. The summed E-state index contributed by atoms with van der Waals surface area (Å²) in [5.74, 6) is -5.54. The molecular weight excluding hydrogens is 397 g/mol. The van der Waals surface area contributed by atoms with Crippen LogP contribution < -0.4 is 5.32 Å². The molecule has 1 atom stereocenters. The van der Waals surface area contributed by atoms with E-state index >= 15 is 0 Å². The molecule has 1 heterocycles. The number of aliphatic hydroxyl groups is 1. The second-order valence-corrected chi connectivity index (χ2v) is 5.84. The number of rotatable bonds is 4. The van der Waals surface area contributed by atoms with Crippen molar-refractivity contribution in [1.29, 1.82) is 0 Å². The Hall–Kier alpha value is -0.740. The third kappa shape index (κ3) is 4.71. The number of nitrogens with zero attached hydrogens (tertiary/aromatic N) is 1. The van der Waals surface area contributed by atoms with Gasteiger partial charge in [0.15, 0.2) is 0 Å². The third-order valence-corrected chi connectivity index (χ3v) is 4.13. The fraction of sp³-hybridized carbons (Fsp3) is 0.571. The molecule has 3 nitrogen and oxygen atoms in total. The molecule has 0 aromatic heterocycles. The minimum absolute atomic E-state index is 0. The van der Waals surface area contributed by atoms with Crippen molar-refractivity contribution in [2.24, 2.45) is 0 Å². The zero-order chi connectivity index (χ0) is 18.1. The number of halogens is 8. The van der Waals surface area contributed by atoms with E-state index in [0.717, 1.165) is 4.90 Å². The number of nitrogens with one attached hydrogen (secondary N) is 1. The molecule has 11 heteroatoms. The van der Waals surface area contributed by atoms with Crippen LogP contribution in [0, 0.1) is 5.82 Å². The molecule has 0 radical (unpaired) electrons. The molecule has 1 fully saturated rings. The monoisotopic (exact) mass is 412 g/mol. The van der Waals surface area contributed by atoms with Gasteiger partial charge in [0.05, 0.1) is 10.6 Å². The van der Waals surface area contributed by atoms with E-state index in [9.17, 15) is 26.3 Å². The molecule has 1 aromatic rings. The van der Waals surface area contributed by atoms with Gasteiger partial charge in [-0.15, -0.1) is 12.4 Å². The Kier molecular flexibility index (Phi) is 7.41. The summed E-state index contributed by atoms with van der Waals surface area (Å²) in [4.78, 5) is 1.02. The van der Waals surface area contributed by atoms with Crippen LogP contribution in [0.3, 0.4) is 0 Å². The first kappa shape index (κ1) is 22.3. The van der Waals surface area contributed by atoms with Crippen molar-refractivity contribution >= 4 is 24.0 Å². The lowest BCUT2D eigenvalue weighted by molar-refractivity contribution is -0.145. The molecule has 1 saturated heterocycles. The number of hydrogen-bond donors (Lipinski definition) is 2. The summed E-state index contributed by atoms with van der Waals surface area (Å²) in [7, 11) is 0. The van der Waals surface area contributed by atoms with E-state index in [1.807, 2.05) is 0 Å². The zero-order valence-electron chi connectivity index (χ0n) is 12.7. The van der Waals surface area contributed by atoms with E-state index in [1.54, 1.807) is 0 Å². The molecule has 1 aromatic carbocycles. The van der Waals surface area contributed by atoms with Crippen molar-refractivity contribution in [2.45, 2.75) is 18.1 Å². The second-order valence-electron chi connectivity index (χ2n) is 5.43. The predicted molar refractivity (Wildman–Crippen MR) is 82.9 cm³/mol. The van der Waals surface area contributed by atoms with Gasteiger partial charge in [0, 0.05) is 31.7 Å². The van der Waals surface area contributed by atoms with Crippen molar-refractivity contribution < 1.29 is 31.4 Å². The number of alkyl halides is 5. The molecule has 144 valence electrons. The Morgan fingerprint density at radius 2 is 1.72 bits per heavy atom. The Labute approximate surface area is 151 Å². The fourth-order valence-electron chi connectivity index (χ4n) is 2.77. The minimum Gasteiger partial charge on any atom is -0.390 e. The largest absolute Gasteiger partial charge is 0.416 e. The lowest BCUT2D eigenvalue weighted by atomic mass is 9.92. The average Bonchev–Trinajstić information content (AvgIpc) is 2.51. The molecule has 2 rings (SSSR count). The summed E-state index contributed by atoms with van der Waals surface area (Å²) >= 11 is 5.53. The Bertz CT molecular complexity index is 593. The number of piperazine rings is 1. The van der Waals surface area contributed by atoms with Gasteiger partial charge < -0.3 is 10.4 Å². The number of aliphatic hydroxyl groups excluding tert-OH is 1. The van der Waals surface area contributed by atoms with Crippen LogP contribution in [0.25, 0.3) is 0 Å². The molecule has 0 aliphatic carbocycles. The molecule has 1 aliphatic rings. The maximum atomic E-state index is 14.4. The van der Waals surface area contributed by atoms with Crippen molar-refractivity contribution in [3.8, 4) is 0 Å². The van der Waals surface area contributed by atoms with E-state index in [-0.39, 0.29) is 38.6 Å². The maximum absolute atomic E-state index is 14.4.